The van der Waals surface area contributed by atoms with E-state index in [0.717, 1.165) is 17.1 Å². The highest BCUT2D eigenvalue weighted by atomic mass is 35.5. The zero-order valence-corrected chi connectivity index (χ0v) is 14.2. The molecule has 6 nitrogen and oxygen atoms in total. The Kier molecular flexibility index (Phi) is 4.70. The van der Waals surface area contributed by atoms with Gasteiger partial charge in [0.25, 0.3) is 5.89 Å². The number of nitrogens with zero attached hydrogens (tertiary/aromatic N) is 4. The number of aromatic nitrogens is 4. The number of nitrogens with one attached hydrogen (secondary N) is 1. The van der Waals surface area contributed by atoms with E-state index < -0.39 is 0 Å². The summed E-state index contributed by atoms with van der Waals surface area (Å²) in [6.07, 6.45) is 2.42. The monoisotopic (exact) mass is 349 g/mol. The Hall–Kier alpha value is -1.83. The van der Waals surface area contributed by atoms with Gasteiger partial charge in [-0.1, -0.05) is 5.16 Å². The molecule has 1 saturated heterocycles. The van der Waals surface area contributed by atoms with Crippen molar-refractivity contribution in [1.29, 1.82) is 0 Å². The summed E-state index contributed by atoms with van der Waals surface area (Å²) in [4.78, 5) is 6.74. The van der Waals surface area contributed by atoms with Gasteiger partial charge in [-0.05, 0) is 50.6 Å². The van der Waals surface area contributed by atoms with E-state index in [2.05, 4.69) is 31.7 Å². The molecule has 0 amide bonds. The predicted octanol–water partition coefficient (Wildman–Crippen LogP) is 3.41. The quantitative estimate of drug-likeness (QED) is 0.780. The van der Waals surface area contributed by atoms with Gasteiger partial charge in [0, 0.05) is 10.9 Å². The maximum Gasteiger partial charge on any atom is 0.268 e. The number of halogens is 1. The van der Waals surface area contributed by atoms with Gasteiger partial charge in [-0.2, -0.15) is 10.1 Å². The third-order valence-electron chi connectivity index (χ3n) is 3.69. The van der Waals surface area contributed by atoms with E-state index >= 15 is 0 Å². The summed E-state index contributed by atoms with van der Waals surface area (Å²) in [5, 5.41) is 15.6. The highest BCUT2D eigenvalue weighted by Crippen LogP contribution is 2.34. The number of hydrogen-bond acceptors (Lipinski definition) is 7. The topological polar surface area (TPSA) is 76.7 Å². The van der Waals surface area contributed by atoms with Crippen molar-refractivity contribution in [2.45, 2.75) is 25.8 Å². The van der Waals surface area contributed by atoms with Crippen LogP contribution in [0, 0.1) is 6.92 Å². The van der Waals surface area contributed by atoms with Crippen molar-refractivity contribution < 1.29 is 4.52 Å². The van der Waals surface area contributed by atoms with E-state index in [-0.39, 0.29) is 12.4 Å². The summed E-state index contributed by atoms with van der Waals surface area (Å²) in [7, 11) is 0. The Bertz CT molecular complexity index is 779. The Morgan fingerprint density at radius 2 is 2.13 bits per heavy atom. The fraction of sp³-hybridized carbons (Fsp3) is 0.333. The molecular weight excluding hydrogens is 334 g/mol. The van der Waals surface area contributed by atoms with Gasteiger partial charge in [0.05, 0.1) is 10.6 Å². The molecule has 1 atom stereocenters. The van der Waals surface area contributed by atoms with Gasteiger partial charge in [0.2, 0.25) is 5.82 Å². The van der Waals surface area contributed by atoms with Crippen LogP contribution in [0.25, 0.3) is 22.3 Å². The standard InChI is InChI=1S/C15H15N5OS.ClH/c1-9-4-5-11(19-18-9)14-17-15(21-20-14)13-7-6-12(22-13)10-3-2-8-16-10;/h4-7,10,16H,2-3,8H2,1H3;1H. The summed E-state index contributed by atoms with van der Waals surface area (Å²) in [5.74, 6) is 1.00. The molecule has 8 heteroatoms. The molecule has 120 valence electrons. The van der Waals surface area contributed by atoms with Crippen LogP contribution in [0.5, 0.6) is 0 Å². The first-order valence-corrected chi connectivity index (χ1v) is 8.09. The SMILES string of the molecule is Cc1ccc(-c2noc(-c3ccc(C4CCCN4)s3)n2)nn1.Cl. The van der Waals surface area contributed by atoms with Crippen LogP contribution in [0.2, 0.25) is 0 Å². The van der Waals surface area contributed by atoms with Crippen molar-refractivity contribution >= 4 is 23.7 Å². The lowest BCUT2D eigenvalue weighted by Crippen LogP contribution is -2.11. The molecular formula is C15H16ClN5OS. The van der Waals surface area contributed by atoms with Crippen molar-refractivity contribution in [2.75, 3.05) is 6.54 Å². The summed E-state index contributed by atoms with van der Waals surface area (Å²) < 4.78 is 5.37. The highest BCUT2D eigenvalue weighted by molar-refractivity contribution is 7.15. The average Bonchev–Trinajstić information content (AvgIpc) is 3.27. The van der Waals surface area contributed by atoms with E-state index in [0.29, 0.717) is 23.5 Å². The van der Waals surface area contributed by atoms with Crippen LogP contribution in [-0.4, -0.2) is 26.9 Å². The molecule has 1 unspecified atom stereocenters. The van der Waals surface area contributed by atoms with Gasteiger partial charge in [0.15, 0.2) is 0 Å². The molecule has 0 radical (unpaired) electrons. The first-order chi connectivity index (χ1) is 10.8. The van der Waals surface area contributed by atoms with Crippen LogP contribution in [0.3, 0.4) is 0 Å². The Morgan fingerprint density at radius 3 is 2.87 bits per heavy atom. The predicted molar refractivity (Wildman–Crippen MR) is 90.6 cm³/mol. The summed E-state index contributed by atoms with van der Waals surface area (Å²) in [6.45, 7) is 2.98. The molecule has 0 aliphatic carbocycles. The smallest absolute Gasteiger partial charge is 0.268 e. The Morgan fingerprint density at radius 1 is 1.22 bits per heavy atom. The van der Waals surface area contributed by atoms with Gasteiger partial charge in [0.1, 0.15) is 5.69 Å². The van der Waals surface area contributed by atoms with Crippen LogP contribution in [0.15, 0.2) is 28.8 Å². The maximum atomic E-state index is 5.37. The lowest BCUT2D eigenvalue weighted by Gasteiger charge is -2.05. The molecule has 0 aromatic carbocycles. The van der Waals surface area contributed by atoms with Gasteiger partial charge in [-0.25, -0.2) is 0 Å². The fourth-order valence-electron chi connectivity index (χ4n) is 2.53. The third-order valence-corrected chi connectivity index (χ3v) is 4.88. The first-order valence-electron chi connectivity index (χ1n) is 7.27. The highest BCUT2D eigenvalue weighted by Gasteiger charge is 2.20. The molecule has 1 fully saturated rings. The summed E-state index contributed by atoms with van der Waals surface area (Å²) in [5.41, 5.74) is 1.48. The molecule has 1 aliphatic heterocycles. The summed E-state index contributed by atoms with van der Waals surface area (Å²) in [6, 6.07) is 8.37. The number of rotatable bonds is 3. The van der Waals surface area contributed by atoms with Crippen LogP contribution >= 0.6 is 23.7 Å². The van der Waals surface area contributed by atoms with E-state index in [1.807, 2.05) is 25.1 Å². The molecule has 1 N–H and O–H groups in total. The largest absolute Gasteiger partial charge is 0.333 e. The van der Waals surface area contributed by atoms with E-state index in [1.165, 1.54) is 17.7 Å². The molecule has 23 heavy (non-hydrogen) atoms. The molecule has 1 aliphatic rings. The van der Waals surface area contributed by atoms with Crippen LogP contribution in [0.1, 0.15) is 29.5 Å². The lowest BCUT2D eigenvalue weighted by molar-refractivity contribution is 0.433. The minimum Gasteiger partial charge on any atom is -0.333 e. The van der Waals surface area contributed by atoms with Gasteiger partial charge < -0.3 is 9.84 Å². The maximum absolute atomic E-state index is 5.37. The molecule has 3 aromatic heterocycles. The Balaban J connectivity index is 0.00000156. The fourth-order valence-corrected chi connectivity index (χ4v) is 3.57. The number of thiophene rings is 1. The lowest BCUT2D eigenvalue weighted by atomic mass is 10.2. The van der Waals surface area contributed by atoms with E-state index in [9.17, 15) is 0 Å². The Labute approximate surface area is 143 Å². The van der Waals surface area contributed by atoms with E-state index in [1.54, 1.807) is 11.3 Å². The third kappa shape index (κ3) is 3.26. The summed E-state index contributed by atoms with van der Waals surface area (Å²) >= 11 is 1.70. The van der Waals surface area contributed by atoms with Crippen molar-refractivity contribution in [3.63, 3.8) is 0 Å². The number of aryl methyl sites for hydroxylation is 1. The second-order valence-corrected chi connectivity index (χ2v) is 6.45. The zero-order valence-electron chi connectivity index (χ0n) is 12.5. The van der Waals surface area contributed by atoms with Gasteiger partial charge >= 0.3 is 0 Å². The second kappa shape index (κ2) is 6.74. The average molecular weight is 350 g/mol. The van der Waals surface area contributed by atoms with E-state index in [4.69, 9.17) is 4.52 Å². The van der Waals surface area contributed by atoms with Crippen molar-refractivity contribution in [1.82, 2.24) is 25.7 Å². The molecule has 0 spiro atoms. The molecule has 3 aromatic rings. The van der Waals surface area contributed by atoms with Gasteiger partial charge in [-0.15, -0.1) is 28.8 Å². The van der Waals surface area contributed by atoms with Crippen LogP contribution < -0.4 is 5.32 Å². The molecule has 4 rings (SSSR count). The molecule has 0 bridgehead atoms. The second-order valence-electron chi connectivity index (χ2n) is 5.33. The van der Waals surface area contributed by atoms with Crippen molar-refractivity contribution in [3.05, 3.63) is 34.8 Å². The van der Waals surface area contributed by atoms with Crippen molar-refractivity contribution in [2.24, 2.45) is 0 Å². The van der Waals surface area contributed by atoms with Crippen LogP contribution in [-0.2, 0) is 0 Å². The minimum absolute atomic E-state index is 0. The first kappa shape index (κ1) is 16.0. The normalized spacial score (nSPS) is 17.2. The molecule has 4 heterocycles. The van der Waals surface area contributed by atoms with Crippen LogP contribution in [0.4, 0.5) is 0 Å². The minimum atomic E-state index is 0. The zero-order chi connectivity index (χ0) is 14.9. The molecule has 0 saturated carbocycles. The number of hydrogen-bond donors (Lipinski definition) is 1. The van der Waals surface area contributed by atoms with Crippen molar-refractivity contribution in [3.8, 4) is 22.3 Å². The van der Waals surface area contributed by atoms with Gasteiger partial charge in [-0.3, -0.25) is 0 Å².